The van der Waals surface area contributed by atoms with Crippen molar-refractivity contribution >= 4 is 39.5 Å². The number of hydrogen-bond acceptors (Lipinski definition) is 15. The first kappa shape index (κ1) is 88.1. The highest BCUT2D eigenvalue weighted by Crippen LogP contribution is 2.45. The van der Waals surface area contributed by atoms with Crippen LogP contribution in [0, 0.1) is 23.7 Å². The van der Waals surface area contributed by atoms with Crippen LogP contribution in [-0.4, -0.2) is 96.7 Å². The van der Waals surface area contributed by atoms with Gasteiger partial charge in [-0.2, -0.15) is 0 Å². The van der Waals surface area contributed by atoms with Crippen molar-refractivity contribution in [2.24, 2.45) is 23.7 Å². The quantitative estimate of drug-likeness (QED) is 0.0222. The Hall–Kier alpha value is -1.94. The molecule has 534 valence electrons. The Balaban J connectivity index is 5.19. The van der Waals surface area contributed by atoms with Gasteiger partial charge in [0.1, 0.15) is 19.3 Å². The third kappa shape index (κ3) is 63.5. The lowest BCUT2D eigenvalue weighted by Crippen LogP contribution is -2.30. The van der Waals surface area contributed by atoms with Crippen LogP contribution in [0.2, 0.25) is 0 Å². The van der Waals surface area contributed by atoms with Gasteiger partial charge in [-0.05, 0) is 49.4 Å². The van der Waals surface area contributed by atoms with E-state index in [9.17, 15) is 43.2 Å². The summed E-state index contributed by atoms with van der Waals surface area (Å²) in [6, 6.07) is 0. The van der Waals surface area contributed by atoms with Gasteiger partial charge in [-0.25, -0.2) is 9.13 Å². The van der Waals surface area contributed by atoms with Crippen molar-refractivity contribution in [1.82, 2.24) is 0 Å². The van der Waals surface area contributed by atoms with E-state index in [1.165, 1.54) is 148 Å². The van der Waals surface area contributed by atoms with E-state index in [2.05, 4.69) is 55.4 Å². The van der Waals surface area contributed by atoms with Crippen molar-refractivity contribution in [2.75, 3.05) is 39.6 Å². The number of phosphoric acid groups is 2. The average molecular weight is 1330 g/mol. The number of esters is 4. The summed E-state index contributed by atoms with van der Waals surface area (Å²) in [6.07, 6.45) is 43.4. The molecule has 0 aromatic rings. The molecule has 17 nitrogen and oxygen atoms in total. The van der Waals surface area contributed by atoms with Crippen molar-refractivity contribution in [3.8, 4) is 0 Å². The van der Waals surface area contributed by atoms with Crippen LogP contribution in [0.3, 0.4) is 0 Å². The van der Waals surface area contributed by atoms with Gasteiger partial charge in [0.25, 0.3) is 0 Å². The molecular weight excluding hydrogens is 1190 g/mol. The maximum Gasteiger partial charge on any atom is 0.472 e. The Morgan fingerprint density at radius 1 is 0.311 bits per heavy atom. The zero-order valence-electron chi connectivity index (χ0n) is 58.8. The Morgan fingerprint density at radius 2 is 0.533 bits per heavy atom. The molecule has 0 radical (unpaired) electrons. The fourth-order valence-electron chi connectivity index (χ4n) is 10.6. The summed E-state index contributed by atoms with van der Waals surface area (Å²) in [6.45, 7) is 14.0. The number of hydrogen-bond donors (Lipinski definition) is 3. The lowest BCUT2D eigenvalue weighted by atomic mass is 10.00. The van der Waals surface area contributed by atoms with E-state index in [0.717, 1.165) is 114 Å². The van der Waals surface area contributed by atoms with Gasteiger partial charge in [0.15, 0.2) is 12.2 Å². The van der Waals surface area contributed by atoms with Crippen LogP contribution in [0.4, 0.5) is 0 Å². The minimum atomic E-state index is -4.95. The summed E-state index contributed by atoms with van der Waals surface area (Å²) < 4.78 is 68.2. The number of aliphatic hydroxyl groups excluding tert-OH is 1. The summed E-state index contributed by atoms with van der Waals surface area (Å²) >= 11 is 0. The molecule has 0 aliphatic carbocycles. The predicted molar refractivity (Wildman–Crippen MR) is 363 cm³/mol. The average Bonchev–Trinajstić information content (AvgIpc) is 2.72. The molecule has 0 saturated heterocycles. The van der Waals surface area contributed by atoms with Crippen LogP contribution in [0.15, 0.2) is 0 Å². The molecule has 3 N–H and O–H groups in total. The second-order valence-corrected chi connectivity index (χ2v) is 30.2. The van der Waals surface area contributed by atoms with Crippen molar-refractivity contribution in [1.29, 1.82) is 0 Å². The number of carbonyl (C=O) groups excluding carboxylic acids is 4. The van der Waals surface area contributed by atoms with E-state index in [1.54, 1.807) is 0 Å². The van der Waals surface area contributed by atoms with Crippen LogP contribution in [-0.2, 0) is 65.4 Å². The van der Waals surface area contributed by atoms with Gasteiger partial charge in [-0.3, -0.25) is 37.3 Å². The van der Waals surface area contributed by atoms with E-state index < -0.39 is 97.5 Å². The molecule has 6 atom stereocenters. The minimum Gasteiger partial charge on any atom is -0.462 e. The normalized spacial score (nSPS) is 14.6. The number of phosphoric ester groups is 2. The van der Waals surface area contributed by atoms with Crippen LogP contribution in [0.25, 0.3) is 0 Å². The molecule has 19 heteroatoms. The summed E-state index contributed by atoms with van der Waals surface area (Å²) in [5.74, 6) is 0.820. The Kier molecular flexibility index (Phi) is 59.4. The van der Waals surface area contributed by atoms with Gasteiger partial charge in [0.2, 0.25) is 0 Å². The van der Waals surface area contributed by atoms with Gasteiger partial charge < -0.3 is 33.8 Å². The largest absolute Gasteiger partial charge is 0.472 e. The standard InChI is InChI=1S/C71H138O17P2/c1-9-64(8)50-42-34-28-30-38-46-54-71(76)88-67(57-81-68(73)51-43-35-25-22-18-20-24-32-40-48-62(4)5)60-86-90(79,80)84-56-65(72)55-83-89(77,78)85-59-66(58-82-69(74)52-44-36-29-27-33-41-49-63(6)7)87-70(75)53-45-37-26-21-17-15-13-11-10-12-14-16-19-23-31-39-47-61(2)3/h61-67,72H,9-60H2,1-8H3,(H,77,78)(H,79,80)/t64?,65?,66-,67-/m1/s1. The minimum absolute atomic E-state index is 0.102. The smallest absolute Gasteiger partial charge is 0.462 e. The molecule has 90 heavy (non-hydrogen) atoms. The molecule has 0 fully saturated rings. The van der Waals surface area contributed by atoms with Gasteiger partial charge in [-0.15, -0.1) is 0 Å². The fourth-order valence-corrected chi connectivity index (χ4v) is 12.2. The van der Waals surface area contributed by atoms with E-state index in [1.807, 2.05) is 0 Å². The maximum absolute atomic E-state index is 13.0. The summed E-state index contributed by atoms with van der Waals surface area (Å²) in [5.41, 5.74) is 0. The van der Waals surface area contributed by atoms with Gasteiger partial charge in [0.05, 0.1) is 26.4 Å². The van der Waals surface area contributed by atoms with Gasteiger partial charge in [-0.1, -0.05) is 299 Å². The molecule has 0 aliphatic rings. The molecule has 0 rings (SSSR count). The number of aliphatic hydroxyl groups is 1. The molecular formula is C71H138O17P2. The SMILES string of the molecule is CCC(C)CCCCCCCCC(=O)O[C@H](COC(=O)CCCCCCCCCCCC(C)C)COP(=O)(O)OCC(O)COP(=O)(O)OC[C@@H](COC(=O)CCCCCCCCC(C)C)OC(=O)CCCCCCCCCCCCCCCCCCC(C)C. The highest BCUT2D eigenvalue weighted by Gasteiger charge is 2.30. The number of unbranched alkanes of at least 4 members (excludes halogenated alkanes) is 33. The van der Waals surface area contributed by atoms with Gasteiger partial charge >= 0.3 is 39.5 Å². The highest BCUT2D eigenvalue weighted by molar-refractivity contribution is 7.47. The predicted octanol–water partition coefficient (Wildman–Crippen LogP) is 20.1. The number of ether oxygens (including phenoxy) is 4. The Labute approximate surface area is 549 Å². The van der Waals surface area contributed by atoms with E-state index in [0.29, 0.717) is 31.6 Å². The number of rotatable bonds is 68. The topological polar surface area (TPSA) is 237 Å². The van der Waals surface area contributed by atoms with Crippen LogP contribution in [0.1, 0.15) is 351 Å². The van der Waals surface area contributed by atoms with Crippen LogP contribution < -0.4 is 0 Å². The Bertz CT molecular complexity index is 1780. The van der Waals surface area contributed by atoms with Gasteiger partial charge in [0, 0.05) is 25.7 Å². The molecule has 0 amide bonds. The van der Waals surface area contributed by atoms with E-state index in [4.69, 9.17) is 37.0 Å². The molecule has 0 spiro atoms. The lowest BCUT2D eigenvalue weighted by molar-refractivity contribution is -0.161. The molecule has 0 heterocycles. The molecule has 0 aliphatic heterocycles. The molecule has 0 aromatic heterocycles. The third-order valence-corrected chi connectivity index (χ3v) is 18.6. The van der Waals surface area contributed by atoms with E-state index >= 15 is 0 Å². The molecule has 4 unspecified atom stereocenters. The monoisotopic (exact) mass is 1320 g/mol. The summed E-state index contributed by atoms with van der Waals surface area (Å²) in [7, 11) is -9.90. The zero-order valence-corrected chi connectivity index (χ0v) is 60.6. The summed E-state index contributed by atoms with van der Waals surface area (Å²) in [5, 5.41) is 10.6. The van der Waals surface area contributed by atoms with Crippen molar-refractivity contribution < 1.29 is 80.2 Å². The first-order valence-electron chi connectivity index (χ1n) is 36.7. The second-order valence-electron chi connectivity index (χ2n) is 27.3. The highest BCUT2D eigenvalue weighted by atomic mass is 31.2. The lowest BCUT2D eigenvalue weighted by Gasteiger charge is -2.21. The van der Waals surface area contributed by atoms with Crippen molar-refractivity contribution in [3.63, 3.8) is 0 Å². The maximum atomic E-state index is 13.0. The van der Waals surface area contributed by atoms with Crippen LogP contribution >= 0.6 is 15.6 Å². The third-order valence-electron chi connectivity index (χ3n) is 16.7. The fraction of sp³-hybridized carbons (Fsp3) is 0.944. The molecule has 0 aromatic carbocycles. The number of carbonyl (C=O) groups is 4. The first-order valence-corrected chi connectivity index (χ1v) is 39.7. The first-order chi connectivity index (χ1) is 43.1. The molecule has 0 bridgehead atoms. The second kappa shape index (κ2) is 60.7. The Morgan fingerprint density at radius 3 is 0.789 bits per heavy atom. The molecule has 0 saturated carbocycles. The van der Waals surface area contributed by atoms with Crippen molar-refractivity contribution in [2.45, 2.75) is 369 Å². The van der Waals surface area contributed by atoms with Crippen molar-refractivity contribution in [3.05, 3.63) is 0 Å². The summed E-state index contributed by atoms with van der Waals surface area (Å²) in [4.78, 5) is 72.5. The zero-order chi connectivity index (χ0) is 66.8. The van der Waals surface area contributed by atoms with E-state index in [-0.39, 0.29) is 25.7 Å². The van der Waals surface area contributed by atoms with Crippen LogP contribution in [0.5, 0.6) is 0 Å².